The molecule has 0 radical (unpaired) electrons. The normalized spacial score (nSPS) is 18.9. The van der Waals surface area contributed by atoms with Crippen molar-refractivity contribution in [2.45, 2.75) is 39.2 Å². The zero-order valence-electron chi connectivity index (χ0n) is 11.8. The zero-order chi connectivity index (χ0) is 13.0. The van der Waals surface area contributed by atoms with Gasteiger partial charge in [-0.15, -0.1) is 0 Å². The second kappa shape index (κ2) is 6.19. The lowest BCUT2D eigenvalue weighted by atomic mass is 9.94. The van der Waals surface area contributed by atoms with E-state index in [9.17, 15) is 0 Å². The van der Waals surface area contributed by atoms with E-state index in [-0.39, 0.29) is 0 Å². The highest BCUT2D eigenvalue weighted by molar-refractivity contribution is 5.48. The maximum Gasteiger partial charge on any atom is 0.133 e. The first kappa shape index (κ1) is 13.3. The smallest absolute Gasteiger partial charge is 0.133 e. The van der Waals surface area contributed by atoms with Crippen LogP contribution in [0.25, 0.3) is 0 Å². The molecule has 0 aromatic carbocycles. The first-order valence-electron chi connectivity index (χ1n) is 7.13. The molecule has 0 spiro atoms. The molecule has 1 aliphatic heterocycles. The van der Waals surface area contributed by atoms with Crippen molar-refractivity contribution in [2.75, 3.05) is 25.0 Å². The molecule has 0 aliphatic carbocycles. The van der Waals surface area contributed by atoms with Gasteiger partial charge >= 0.3 is 0 Å². The van der Waals surface area contributed by atoms with E-state index in [1.165, 1.54) is 30.6 Å². The van der Waals surface area contributed by atoms with E-state index in [2.05, 4.69) is 35.1 Å². The summed E-state index contributed by atoms with van der Waals surface area (Å²) in [7, 11) is 2.00. The first-order valence-corrected chi connectivity index (χ1v) is 7.13. The van der Waals surface area contributed by atoms with Crippen LogP contribution in [0.4, 0.5) is 5.82 Å². The average molecular weight is 247 g/mol. The zero-order valence-corrected chi connectivity index (χ0v) is 11.8. The molecule has 18 heavy (non-hydrogen) atoms. The SMILES string of the molecule is CCC1CCN(c2ncccc2C(C)NC)CC1. The molecule has 1 atom stereocenters. The summed E-state index contributed by atoms with van der Waals surface area (Å²) in [6, 6.07) is 4.58. The molecule has 1 aromatic rings. The van der Waals surface area contributed by atoms with Gasteiger partial charge in [-0.25, -0.2) is 4.98 Å². The van der Waals surface area contributed by atoms with E-state index < -0.39 is 0 Å². The second-order valence-electron chi connectivity index (χ2n) is 5.27. The van der Waals surface area contributed by atoms with Crippen molar-refractivity contribution in [3.05, 3.63) is 23.9 Å². The Balaban J connectivity index is 2.13. The van der Waals surface area contributed by atoms with Gasteiger partial charge < -0.3 is 10.2 Å². The monoisotopic (exact) mass is 247 g/mol. The van der Waals surface area contributed by atoms with E-state index in [1.54, 1.807) is 0 Å². The topological polar surface area (TPSA) is 28.2 Å². The van der Waals surface area contributed by atoms with Crippen LogP contribution in [0.5, 0.6) is 0 Å². The van der Waals surface area contributed by atoms with Crippen molar-refractivity contribution in [3.63, 3.8) is 0 Å². The molecule has 1 saturated heterocycles. The lowest BCUT2D eigenvalue weighted by molar-refractivity contribution is 0.393. The predicted molar refractivity (Wildman–Crippen MR) is 76.9 cm³/mol. The van der Waals surface area contributed by atoms with Crippen LogP contribution in [0.3, 0.4) is 0 Å². The summed E-state index contributed by atoms with van der Waals surface area (Å²) >= 11 is 0. The summed E-state index contributed by atoms with van der Waals surface area (Å²) in [5.41, 5.74) is 1.31. The molecule has 0 saturated carbocycles. The lowest BCUT2D eigenvalue weighted by Gasteiger charge is -2.34. The summed E-state index contributed by atoms with van der Waals surface area (Å²) in [6.07, 6.45) is 5.84. The van der Waals surface area contributed by atoms with Crippen LogP contribution >= 0.6 is 0 Å². The van der Waals surface area contributed by atoms with Gasteiger partial charge in [0.15, 0.2) is 0 Å². The Hall–Kier alpha value is -1.09. The summed E-state index contributed by atoms with van der Waals surface area (Å²) < 4.78 is 0. The predicted octanol–water partition coefficient (Wildman–Crippen LogP) is 2.99. The van der Waals surface area contributed by atoms with Crippen LogP contribution in [0.1, 0.15) is 44.7 Å². The van der Waals surface area contributed by atoms with Gasteiger partial charge in [0.2, 0.25) is 0 Å². The Morgan fingerprint density at radius 2 is 2.17 bits per heavy atom. The summed E-state index contributed by atoms with van der Waals surface area (Å²) in [6.45, 7) is 6.80. The molecule has 1 unspecified atom stereocenters. The Morgan fingerprint density at radius 3 is 2.78 bits per heavy atom. The minimum atomic E-state index is 0.359. The number of anilines is 1. The summed E-state index contributed by atoms with van der Waals surface area (Å²) in [5, 5.41) is 3.31. The summed E-state index contributed by atoms with van der Waals surface area (Å²) in [5.74, 6) is 2.09. The molecule has 0 bridgehead atoms. The van der Waals surface area contributed by atoms with Gasteiger partial charge in [-0.05, 0) is 38.8 Å². The molecule has 1 fully saturated rings. The standard InChI is InChI=1S/C15H25N3/c1-4-13-7-10-18(11-8-13)15-14(12(2)16-3)6-5-9-17-15/h5-6,9,12-13,16H,4,7-8,10-11H2,1-3H3. The highest BCUT2D eigenvalue weighted by Gasteiger charge is 2.21. The molecular formula is C15H25N3. The number of hydrogen-bond donors (Lipinski definition) is 1. The van der Waals surface area contributed by atoms with Crippen LogP contribution in [0.2, 0.25) is 0 Å². The van der Waals surface area contributed by atoms with Crippen molar-refractivity contribution in [1.29, 1.82) is 0 Å². The number of rotatable bonds is 4. The van der Waals surface area contributed by atoms with Crippen LogP contribution in [0, 0.1) is 5.92 Å². The number of nitrogens with zero attached hydrogens (tertiary/aromatic N) is 2. The number of hydrogen-bond acceptors (Lipinski definition) is 3. The van der Waals surface area contributed by atoms with Crippen LogP contribution in [-0.2, 0) is 0 Å². The summed E-state index contributed by atoms with van der Waals surface area (Å²) in [4.78, 5) is 7.06. The number of nitrogens with one attached hydrogen (secondary N) is 1. The molecule has 2 heterocycles. The van der Waals surface area contributed by atoms with Gasteiger partial charge in [-0.3, -0.25) is 0 Å². The largest absolute Gasteiger partial charge is 0.356 e. The molecule has 0 amide bonds. The third-order valence-corrected chi connectivity index (χ3v) is 4.21. The number of pyridine rings is 1. The number of aromatic nitrogens is 1. The van der Waals surface area contributed by atoms with Crippen molar-refractivity contribution in [2.24, 2.45) is 5.92 Å². The quantitative estimate of drug-likeness (QED) is 0.886. The molecule has 1 aromatic heterocycles. The molecule has 100 valence electrons. The minimum absolute atomic E-state index is 0.359. The lowest BCUT2D eigenvalue weighted by Crippen LogP contribution is -2.35. The van der Waals surface area contributed by atoms with Gasteiger partial charge in [0.25, 0.3) is 0 Å². The van der Waals surface area contributed by atoms with E-state index in [4.69, 9.17) is 0 Å². The number of piperidine rings is 1. The fourth-order valence-corrected chi connectivity index (χ4v) is 2.72. The van der Waals surface area contributed by atoms with Crippen molar-refractivity contribution in [1.82, 2.24) is 10.3 Å². The van der Waals surface area contributed by atoms with Crippen molar-refractivity contribution >= 4 is 5.82 Å². The molecule has 2 rings (SSSR count). The van der Waals surface area contributed by atoms with Gasteiger partial charge in [0.1, 0.15) is 5.82 Å². The van der Waals surface area contributed by atoms with Crippen molar-refractivity contribution in [3.8, 4) is 0 Å². The maximum atomic E-state index is 4.61. The fourth-order valence-electron chi connectivity index (χ4n) is 2.72. The van der Waals surface area contributed by atoms with Gasteiger partial charge in [0, 0.05) is 30.9 Å². The maximum absolute atomic E-state index is 4.61. The third kappa shape index (κ3) is 2.83. The highest BCUT2D eigenvalue weighted by Crippen LogP contribution is 2.28. The van der Waals surface area contributed by atoms with E-state index in [0.717, 1.165) is 19.0 Å². The molecular weight excluding hydrogens is 222 g/mol. The Bertz CT molecular complexity index is 370. The third-order valence-electron chi connectivity index (χ3n) is 4.21. The first-order chi connectivity index (χ1) is 8.76. The molecule has 1 N–H and O–H groups in total. The Kier molecular flexibility index (Phi) is 4.59. The second-order valence-corrected chi connectivity index (χ2v) is 5.27. The fraction of sp³-hybridized carbons (Fsp3) is 0.667. The van der Waals surface area contributed by atoms with E-state index >= 15 is 0 Å². The van der Waals surface area contributed by atoms with E-state index in [0.29, 0.717) is 6.04 Å². The van der Waals surface area contributed by atoms with E-state index in [1.807, 2.05) is 19.3 Å². The Labute approximate surface area is 111 Å². The van der Waals surface area contributed by atoms with Gasteiger partial charge in [-0.1, -0.05) is 19.4 Å². The molecule has 3 nitrogen and oxygen atoms in total. The van der Waals surface area contributed by atoms with Gasteiger partial charge in [0.05, 0.1) is 0 Å². The average Bonchev–Trinajstić information content (AvgIpc) is 2.46. The highest BCUT2D eigenvalue weighted by atomic mass is 15.2. The Morgan fingerprint density at radius 1 is 1.44 bits per heavy atom. The van der Waals surface area contributed by atoms with Crippen LogP contribution in [-0.4, -0.2) is 25.1 Å². The minimum Gasteiger partial charge on any atom is -0.356 e. The van der Waals surface area contributed by atoms with Gasteiger partial charge in [-0.2, -0.15) is 0 Å². The molecule has 1 aliphatic rings. The van der Waals surface area contributed by atoms with Crippen LogP contribution < -0.4 is 10.2 Å². The molecule has 3 heteroatoms. The van der Waals surface area contributed by atoms with Crippen molar-refractivity contribution < 1.29 is 0 Å². The van der Waals surface area contributed by atoms with Crippen LogP contribution in [0.15, 0.2) is 18.3 Å².